The average Bonchev–Trinajstić information content (AvgIpc) is 3.21. The molecule has 1 spiro atoms. The lowest BCUT2D eigenvalue weighted by atomic mass is 9.78. The maximum absolute atomic E-state index is 14.0. The van der Waals surface area contributed by atoms with Crippen molar-refractivity contribution >= 4 is 29.5 Å². The second kappa shape index (κ2) is 11.3. The van der Waals surface area contributed by atoms with Gasteiger partial charge < -0.3 is 19.6 Å². The Morgan fingerprint density at radius 2 is 1.91 bits per heavy atom. The first-order valence-electron chi connectivity index (χ1n) is 12.9. The van der Waals surface area contributed by atoms with Gasteiger partial charge >= 0.3 is 5.97 Å². The number of fused-ring (bicyclic) bond motifs is 2. The Bertz CT molecular complexity index is 830. The van der Waals surface area contributed by atoms with Crippen molar-refractivity contribution in [1.82, 2.24) is 9.80 Å². The molecule has 2 saturated heterocycles. The molecule has 34 heavy (non-hydrogen) atoms. The summed E-state index contributed by atoms with van der Waals surface area (Å²) in [4.78, 5) is 44.8. The lowest BCUT2D eigenvalue weighted by Gasteiger charge is -2.35. The zero-order valence-corrected chi connectivity index (χ0v) is 21.0. The summed E-state index contributed by atoms with van der Waals surface area (Å²) in [6.45, 7) is 4.18. The van der Waals surface area contributed by atoms with Crippen molar-refractivity contribution in [1.29, 1.82) is 0 Å². The molecule has 0 aromatic heterocycles. The van der Waals surface area contributed by atoms with E-state index in [0.29, 0.717) is 39.1 Å². The van der Waals surface area contributed by atoms with Gasteiger partial charge in [0, 0.05) is 31.5 Å². The summed E-state index contributed by atoms with van der Waals surface area (Å²) >= 11 is 1.60. The molecule has 188 valence electrons. The van der Waals surface area contributed by atoms with E-state index in [4.69, 9.17) is 4.74 Å². The highest BCUT2D eigenvalue weighted by molar-refractivity contribution is 8.02. The SMILES string of the molecule is CCCCCN1CC=C[C@]23S[C@H]4/C=C\CCCCOC(=O)[C@H]4[C@H]2C(=O)N(CCCCO)C3C1=O. The molecule has 0 aromatic carbocycles. The maximum Gasteiger partial charge on any atom is 0.311 e. The number of carbonyl (C=O) groups is 3. The quantitative estimate of drug-likeness (QED) is 0.320. The van der Waals surface area contributed by atoms with Crippen LogP contribution in [0.4, 0.5) is 0 Å². The van der Waals surface area contributed by atoms with Crippen molar-refractivity contribution in [2.75, 3.05) is 32.8 Å². The number of aliphatic hydroxyl groups excluding tert-OH is 1. The first-order chi connectivity index (χ1) is 16.5. The van der Waals surface area contributed by atoms with Gasteiger partial charge in [0.25, 0.3) is 0 Å². The van der Waals surface area contributed by atoms with Gasteiger partial charge in [0.15, 0.2) is 0 Å². The lowest BCUT2D eigenvalue weighted by Crippen LogP contribution is -2.53. The van der Waals surface area contributed by atoms with Gasteiger partial charge in [-0.15, -0.1) is 11.8 Å². The van der Waals surface area contributed by atoms with Crippen LogP contribution in [0.1, 0.15) is 58.3 Å². The summed E-state index contributed by atoms with van der Waals surface area (Å²) in [5.41, 5.74) is 0. The Labute approximate surface area is 206 Å². The van der Waals surface area contributed by atoms with Crippen LogP contribution in [0.25, 0.3) is 0 Å². The van der Waals surface area contributed by atoms with E-state index in [0.717, 1.165) is 38.5 Å². The highest BCUT2D eigenvalue weighted by atomic mass is 32.2. The van der Waals surface area contributed by atoms with Crippen LogP contribution in [-0.2, 0) is 19.1 Å². The van der Waals surface area contributed by atoms with Gasteiger partial charge in [0.1, 0.15) is 6.04 Å². The Balaban J connectivity index is 1.72. The fourth-order valence-corrected chi connectivity index (χ4v) is 7.85. The first kappa shape index (κ1) is 25.3. The van der Waals surface area contributed by atoms with Crippen LogP contribution in [0.3, 0.4) is 0 Å². The summed E-state index contributed by atoms with van der Waals surface area (Å²) in [6, 6.07) is -0.632. The molecule has 4 rings (SSSR count). The van der Waals surface area contributed by atoms with Crippen LogP contribution in [0.15, 0.2) is 24.3 Å². The van der Waals surface area contributed by atoms with E-state index in [-0.39, 0.29) is 29.6 Å². The van der Waals surface area contributed by atoms with Crippen molar-refractivity contribution in [3.63, 3.8) is 0 Å². The minimum Gasteiger partial charge on any atom is -0.465 e. The molecular formula is C26H38N2O5S. The van der Waals surface area contributed by atoms with Crippen molar-refractivity contribution in [3.8, 4) is 0 Å². The Morgan fingerprint density at radius 3 is 2.71 bits per heavy atom. The molecule has 1 N–H and O–H groups in total. The smallest absolute Gasteiger partial charge is 0.311 e. The summed E-state index contributed by atoms with van der Waals surface area (Å²) in [7, 11) is 0. The van der Waals surface area contributed by atoms with E-state index in [9.17, 15) is 19.5 Å². The highest BCUT2D eigenvalue weighted by Crippen LogP contribution is 2.60. The number of hydrogen-bond donors (Lipinski definition) is 1. The number of hydrogen-bond acceptors (Lipinski definition) is 6. The largest absolute Gasteiger partial charge is 0.465 e. The Morgan fingerprint density at radius 1 is 1.09 bits per heavy atom. The number of ether oxygens (including phenoxy) is 1. The number of rotatable bonds is 8. The first-order valence-corrected chi connectivity index (χ1v) is 13.8. The molecule has 4 aliphatic rings. The van der Waals surface area contributed by atoms with Crippen molar-refractivity contribution in [2.24, 2.45) is 11.8 Å². The van der Waals surface area contributed by atoms with Crippen molar-refractivity contribution in [2.45, 2.75) is 74.3 Å². The van der Waals surface area contributed by atoms with E-state index in [1.54, 1.807) is 16.7 Å². The van der Waals surface area contributed by atoms with Crippen LogP contribution in [-0.4, -0.2) is 81.6 Å². The van der Waals surface area contributed by atoms with Gasteiger partial charge in [-0.3, -0.25) is 14.4 Å². The van der Waals surface area contributed by atoms with E-state index in [1.165, 1.54) is 0 Å². The number of likely N-dealkylation sites (tertiary alicyclic amines) is 1. The van der Waals surface area contributed by atoms with Crippen LogP contribution in [0.2, 0.25) is 0 Å². The standard InChI is InChI=1S/C26H38N2O5S/c1-2-3-7-14-27-15-11-13-26-21(23(30)28(16-8-9-17-29)22(26)24(27)31)20-19(34-26)12-6-4-5-10-18-33-25(20)32/h6,11-13,19-22,29H,2-5,7-10,14-18H2,1H3/b12-6-/t19-,20+,21-,22?,26-/m0/s1. The molecule has 0 bridgehead atoms. The number of esters is 1. The number of thioether (sulfide) groups is 1. The molecule has 1 unspecified atom stereocenters. The number of unbranched alkanes of at least 4 members (excludes halogenated alkanes) is 3. The summed E-state index contributed by atoms with van der Waals surface area (Å²) < 4.78 is 4.86. The normalized spacial score (nSPS) is 34.4. The average molecular weight is 491 g/mol. The molecule has 0 saturated carbocycles. The van der Waals surface area contributed by atoms with Crippen molar-refractivity contribution in [3.05, 3.63) is 24.3 Å². The molecule has 7 nitrogen and oxygen atoms in total. The number of cyclic esters (lactones) is 1. The van der Waals surface area contributed by atoms with E-state index in [2.05, 4.69) is 25.2 Å². The Hall–Kier alpha value is -1.80. The number of nitrogens with zero attached hydrogens (tertiary/aromatic N) is 2. The van der Waals surface area contributed by atoms with Crippen molar-refractivity contribution < 1.29 is 24.2 Å². The highest BCUT2D eigenvalue weighted by Gasteiger charge is 2.70. The molecule has 0 aromatic rings. The van der Waals surface area contributed by atoms with Crippen LogP contribution < -0.4 is 0 Å². The van der Waals surface area contributed by atoms with Crippen LogP contribution >= 0.6 is 11.8 Å². The molecule has 0 aliphatic carbocycles. The second-order valence-electron chi connectivity index (χ2n) is 9.79. The fourth-order valence-electron chi connectivity index (χ4n) is 5.85. The van der Waals surface area contributed by atoms with E-state index < -0.39 is 22.6 Å². The number of carbonyl (C=O) groups excluding carboxylic acids is 3. The van der Waals surface area contributed by atoms with Gasteiger partial charge in [-0.05, 0) is 38.5 Å². The van der Waals surface area contributed by atoms with Gasteiger partial charge in [-0.25, -0.2) is 0 Å². The fraction of sp³-hybridized carbons (Fsp3) is 0.731. The summed E-state index contributed by atoms with van der Waals surface area (Å²) in [5.74, 6) is -1.68. The summed E-state index contributed by atoms with van der Waals surface area (Å²) in [6.07, 6.45) is 15.2. The monoisotopic (exact) mass is 490 g/mol. The maximum atomic E-state index is 14.0. The van der Waals surface area contributed by atoms with Crippen LogP contribution in [0, 0.1) is 11.8 Å². The number of allylic oxidation sites excluding steroid dienone is 1. The third kappa shape index (κ3) is 4.68. The van der Waals surface area contributed by atoms with Gasteiger partial charge in [-0.1, -0.05) is 44.1 Å². The second-order valence-corrected chi connectivity index (χ2v) is 11.3. The molecule has 4 aliphatic heterocycles. The molecule has 8 heteroatoms. The van der Waals surface area contributed by atoms with Gasteiger partial charge in [0.05, 0.1) is 23.2 Å². The Kier molecular flexibility index (Phi) is 8.40. The lowest BCUT2D eigenvalue weighted by molar-refractivity contribution is -0.153. The topological polar surface area (TPSA) is 87.2 Å². The molecule has 2 fully saturated rings. The molecule has 5 atom stereocenters. The molecule has 0 radical (unpaired) electrons. The predicted octanol–water partition coefficient (Wildman–Crippen LogP) is 2.93. The minimum absolute atomic E-state index is 0.0190. The molecular weight excluding hydrogens is 452 g/mol. The molecule has 2 amide bonds. The van der Waals surface area contributed by atoms with Gasteiger partial charge in [0.2, 0.25) is 11.8 Å². The number of aliphatic hydroxyl groups is 1. The van der Waals surface area contributed by atoms with E-state index in [1.807, 2.05) is 11.0 Å². The minimum atomic E-state index is -0.778. The zero-order chi connectivity index (χ0) is 24.1. The molecule has 4 heterocycles. The zero-order valence-electron chi connectivity index (χ0n) is 20.2. The predicted molar refractivity (Wildman–Crippen MR) is 132 cm³/mol. The van der Waals surface area contributed by atoms with E-state index >= 15 is 0 Å². The van der Waals surface area contributed by atoms with Crippen LogP contribution in [0.5, 0.6) is 0 Å². The third-order valence-corrected chi connectivity index (χ3v) is 9.27. The number of amides is 2. The third-order valence-electron chi connectivity index (χ3n) is 7.52. The summed E-state index contributed by atoms with van der Waals surface area (Å²) in [5, 5.41) is 9.10. The van der Waals surface area contributed by atoms with Gasteiger partial charge in [-0.2, -0.15) is 0 Å².